The summed E-state index contributed by atoms with van der Waals surface area (Å²) >= 11 is 1.82. The molecule has 0 bridgehead atoms. The number of hydrogen-bond donors (Lipinski definition) is 0. The van der Waals surface area contributed by atoms with E-state index in [4.69, 9.17) is 14.7 Å². The molecule has 1 aliphatic carbocycles. The van der Waals surface area contributed by atoms with Crippen LogP contribution >= 0.6 is 11.3 Å². The predicted octanol–water partition coefficient (Wildman–Crippen LogP) is 13.5. The molecule has 0 N–H and O–H groups in total. The first-order valence-electron chi connectivity index (χ1n) is 18.6. The van der Waals surface area contributed by atoms with Gasteiger partial charge in [0.2, 0.25) is 0 Å². The predicted molar refractivity (Wildman–Crippen MR) is 226 cm³/mol. The lowest BCUT2D eigenvalue weighted by Crippen LogP contribution is -2.32. The molecule has 0 saturated carbocycles. The molecule has 3 heterocycles. The van der Waals surface area contributed by atoms with E-state index in [0.717, 1.165) is 61.5 Å². The van der Waals surface area contributed by atoms with Crippen LogP contribution in [0.1, 0.15) is 22.3 Å². The van der Waals surface area contributed by atoms with Gasteiger partial charge in [-0.15, -0.1) is 11.3 Å². The van der Waals surface area contributed by atoms with Crippen molar-refractivity contribution in [1.29, 1.82) is 0 Å². The van der Waals surface area contributed by atoms with E-state index < -0.39 is 5.41 Å². The number of fused-ring (bicyclic) bond motifs is 14. The van der Waals surface area contributed by atoms with Crippen molar-refractivity contribution in [3.8, 4) is 56.5 Å². The highest BCUT2D eigenvalue weighted by atomic mass is 32.1. The van der Waals surface area contributed by atoms with E-state index in [2.05, 4.69) is 176 Å². The van der Waals surface area contributed by atoms with E-state index in [1.165, 1.54) is 42.4 Å². The molecule has 4 heteroatoms. The largest absolute Gasteiger partial charge is 0.456 e. The topological polar surface area (TPSA) is 35.0 Å². The first-order valence-corrected chi connectivity index (χ1v) is 19.5. The quantitative estimate of drug-likeness (QED) is 0.182. The molecule has 1 aliphatic heterocycles. The highest BCUT2D eigenvalue weighted by Gasteiger charge is 2.51. The lowest BCUT2D eigenvalue weighted by molar-refractivity contribution is 0.442. The average Bonchev–Trinajstić information content (AvgIpc) is 3.77. The maximum Gasteiger partial charge on any atom is 0.160 e. The molecule has 0 saturated heterocycles. The van der Waals surface area contributed by atoms with Crippen LogP contribution in [0.3, 0.4) is 0 Å². The summed E-state index contributed by atoms with van der Waals surface area (Å²) in [7, 11) is 0. The fourth-order valence-corrected chi connectivity index (χ4v) is 10.2. The molecule has 0 atom stereocenters. The van der Waals surface area contributed by atoms with Gasteiger partial charge < -0.3 is 4.74 Å². The summed E-state index contributed by atoms with van der Waals surface area (Å²) in [5.41, 5.74) is 11.5. The first kappa shape index (κ1) is 30.6. The number of aromatic nitrogens is 2. The van der Waals surface area contributed by atoms with Gasteiger partial charge in [-0.1, -0.05) is 133 Å². The zero-order valence-electron chi connectivity index (χ0n) is 29.5. The molecule has 12 rings (SSSR count). The van der Waals surface area contributed by atoms with Gasteiger partial charge in [0.15, 0.2) is 5.82 Å². The summed E-state index contributed by atoms with van der Waals surface area (Å²) in [4.78, 5) is 10.6. The fourth-order valence-electron chi connectivity index (χ4n) is 9.14. The first-order chi connectivity index (χ1) is 27.2. The highest BCUT2D eigenvalue weighted by Crippen LogP contribution is 2.63. The van der Waals surface area contributed by atoms with Crippen molar-refractivity contribution in [2.24, 2.45) is 0 Å². The molecule has 1 spiro atoms. The molecule has 10 aromatic rings. The number of nitrogens with zero attached hydrogens (tertiary/aromatic N) is 2. The number of rotatable bonds is 3. The van der Waals surface area contributed by atoms with Crippen molar-refractivity contribution >= 4 is 42.3 Å². The molecule has 0 fully saturated rings. The van der Waals surface area contributed by atoms with E-state index >= 15 is 0 Å². The Hall–Kier alpha value is -6.88. The van der Waals surface area contributed by atoms with Crippen LogP contribution in [0.2, 0.25) is 0 Å². The van der Waals surface area contributed by atoms with Gasteiger partial charge in [-0.3, -0.25) is 0 Å². The molecule has 3 nitrogen and oxygen atoms in total. The van der Waals surface area contributed by atoms with Crippen LogP contribution in [0.5, 0.6) is 11.5 Å². The Kier molecular flexibility index (Phi) is 6.42. The minimum atomic E-state index is -0.598. The summed E-state index contributed by atoms with van der Waals surface area (Å²) in [5, 5.41) is 4.76. The molecule has 256 valence electrons. The highest BCUT2D eigenvalue weighted by molar-refractivity contribution is 7.25. The summed E-state index contributed by atoms with van der Waals surface area (Å²) in [6.07, 6.45) is 0. The minimum absolute atomic E-state index is 0.598. The maximum absolute atomic E-state index is 7.02. The number of benzene rings is 8. The third-order valence-electron chi connectivity index (χ3n) is 11.6. The molecule has 0 unspecified atom stereocenters. The van der Waals surface area contributed by atoms with Gasteiger partial charge in [0.1, 0.15) is 11.5 Å². The summed E-state index contributed by atoms with van der Waals surface area (Å²) < 4.78 is 9.56. The zero-order valence-corrected chi connectivity index (χ0v) is 30.3. The van der Waals surface area contributed by atoms with E-state index in [-0.39, 0.29) is 0 Å². The normalized spacial score (nSPS) is 13.4. The van der Waals surface area contributed by atoms with Gasteiger partial charge in [0.05, 0.1) is 16.8 Å². The van der Waals surface area contributed by atoms with Gasteiger partial charge in [0, 0.05) is 53.4 Å². The molecule has 8 aromatic carbocycles. The van der Waals surface area contributed by atoms with Gasteiger partial charge in [-0.05, 0) is 76.2 Å². The smallest absolute Gasteiger partial charge is 0.160 e. The van der Waals surface area contributed by atoms with Crippen LogP contribution < -0.4 is 4.74 Å². The van der Waals surface area contributed by atoms with Crippen LogP contribution in [0.4, 0.5) is 0 Å². The van der Waals surface area contributed by atoms with Crippen molar-refractivity contribution in [1.82, 2.24) is 9.97 Å². The molecule has 0 radical (unpaired) electrons. The Labute approximate surface area is 321 Å². The van der Waals surface area contributed by atoms with Crippen LogP contribution in [-0.2, 0) is 5.41 Å². The van der Waals surface area contributed by atoms with Crippen LogP contribution in [-0.4, -0.2) is 9.97 Å². The number of thiophene rings is 1. The van der Waals surface area contributed by atoms with E-state index in [1.54, 1.807) is 0 Å². The Bertz CT molecular complexity index is 3150. The number of hydrogen-bond acceptors (Lipinski definition) is 4. The lowest BCUT2D eigenvalue weighted by Gasteiger charge is -2.40. The molecule has 2 aliphatic rings. The third-order valence-corrected chi connectivity index (χ3v) is 12.7. The van der Waals surface area contributed by atoms with Crippen molar-refractivity contribution < 1.29 is 4.74 Å². The SMILES string of the molecule is c1ccc(-c2cc(-c3ccc4c(c3)C3(c5ccccc5-c5ccccc53)c3ccc5ccccc5c3O4)nc(-c3ccc4sc5ccccc5c4c3)n2)cc1. The summed E-state index contributed by atoms with van der Waals surface area (Å²) in [6.45, 7) is 0. The standard InChI is InChI=1S/C51H30N2OS/c1-2-13-32(14-3-1)44-30-45(53-50(52-44)34-24-27-48-39(28-34)38-18-8-11-21-47(38)55-48)33-23-26-46-43(29-33)51(42-25-22-31-12-4-5-15-35(31)49(42)54-46)40-19-9-6-16-36(40)37-17-7-10-20-41(37)51/h1-30H. The molecular formula is C51H30N2OS. The Balaban J connectivity index is 1.12. The molecule has 2 aromatic heterocycles. The van der Waals surface area contributed by atoms with Gasteiger partial charge in [-0.25, -0.2) is 9.97 Å². The Morgan fingerprint density at radius 3 is 1.89 bits per heavy atom. The minimum Gasteiger partial charge on any atom is -0.456 e. The molecular weight excluding hydrogens is 689 g/mol. The van der Waals surface area contributed by atoms with Crippen molar-refractivity contribution in [3.05, 3.63) is 204 Å². The fraction of sp³-hybridized carbons (Fsp3) is 0.0196. The second-order valence-corrected chi connectivity index (χ2v) is 15.5. The second kappa shape index (κ2) is 11.6. The Morgan fingerprint density at radius 2 is 1.07 bits per heavy atom. The van der Waals surface area contributed by atoms with Crippen molar-refractivity contribution in [3.63, 3.8) is 0 Å². The zero-order chi connectivity index (χ0) is 36.1. The van der Waals surface area contributed by atoms with Crippen molar-refractivity contribution in [2.75, 3.05) is 0 Å². The van der Waals surface area contributed by atoms with Crippen LogP contribution in [0.15, 0.2) is 182 Å². The van der Waals surface area contributed by atoms with E-state index in [9.17, 15) is 0 Å². The second-order valence-electron chi connectivity index (χ2n) is 14.5. The third kappa shape index (κ3) is 4.37. The van der Waals surface area contributed by atoms with Gasteiger partial charge in [0.25, 0.3) is 0 Å². The maximum atomic E-state index is 7.02. The van der Waals surface area contributed by atoms with Gasteiger partial charge in [-0.2, -0.15) is 0 Å². The molecule has 55 heavy (non-hydrogen) atoms. The van der Waals surface area contributed by atoms with Crippen molar-refractivity contribution in [2.45, 2.75) is 5.41 Å². The average molecular weight is 719 g/mol. The number of ether oxygens (including phenoxy) is 1. The summed E-state index contributed by atoms with van der Waals surface area (Å²) in [6, 6.07) is 65.2. The monoisotopic (exact) mass is 718 g/mol. The lowest BCUT2D eigenvalue weighted by atomic mass is 9.65. The molecule has 0 amide bonds. The van der Waals surface area contributed by atoms with E-state index in [0.29, 0.717) is 5.82 Å². The summed E-state index contributed by atoms with van der Waals surface area (Å²) in [5.74, 6) is 2.47. The van der Waals surface area contributed by atoms with Crippen LogP contribution in [0.25, 0.3) is 76.0 Å². The van der Waals surface area contributed by atoms with Crippen LogP contribution in [0, 0.1) is 0 Å². The van der Waals surface area contributed by atoms with E-state index in [1.807, 2.05) is 17.4 Å². The van der Waals surface area contributed by atoms with Gasteiger partial charge >= 0.3 is 0 Å². The Morgan fingerprint density at radius 1 is 0.418 bits per heavy atom.